The van der Waals surface area contributed by atoms with Crippen molar-refractivity contribution in [2.75, 3.05) is 0 Å². The van der Waals surface area contributed by atoms with Crippen molar-refractivity contribution >= 4 is 15.9 Å². The fourth-order valence-electron chi connectivity index (χ4n) is 0.615. The van der Waals surface area contributed by atoms with Crippen molar-refractivity contribution in [2.24, 2.45) is 5.92 Å². The smallest absolute Gasteiger partial charge is 0.0351 e. The van der Waals surface area contributed by atoms with E-state index in [2.05, 4.69) is 43.3 Å². The van der Waals surface area contributed by atoms with Crippen molar-refractivity contribution in [2.45, 2.75) is 32.0 Å². The molecule has 0 amide bonds. The van der Waals surface area contributed by atoms with Gasteiger partial charge in [0.25, 0.3) is 0 Å². The van der Waals surface area contributed by atoms with Crippen molar-refractivity contribution in [3.05, 3.63) is 12.2 Å². The second-order valence-corrected chi connectivity index (χ2v) is 4.05. The zero-order valence-electron chi connectivity index (χ0n) is 6.45. The summed E-state index contributed by atoms with van der Waals surface area (Å²) >= 11 is 3.54. The number of alkyl halides is 1. The van der Waals surface area contributed by atoms with Crippen LogP contribution in [-0.2, 0) is 0 Å². The summed E-state index contributed by atoms with van der Waals surface area (Å²) in [4.78, 5) is 0.512. The lowest BCUT2D eigenvalue weighted by Gasteiger charge is -2.10. The minimum absolute atomic E-state index is 0.512. The average Bonchev–Trinajstić information content (AvgIpc) is 1.63. The lowest BCUT2D eigenvalue weighted by atomic mass is 10.1. The molecule has 0 aromatic rings. The topological polar surface area (TPSA) is 0 Å². The molecule has 0 N–H and O–H groups in total. The van der Waals surface area contributed by atoms with E-state index in [1.807, 2.05) is 0 Å². The zero-order chi connectivity index (χ0) is 7.44. The van der Waals surface area contributed by atoms with Gasteiger partial charge < -0.3 is 0 Å². The highest BCUT2D eigenvalue weighted by atomic mass is 79.9. The van der Waals surface area contributed by atoms with Crippen LogP contribution in [0.25, 0.3) is 0 Å². The van der Waals surface area contributed by atoms with Crippen LogP contribution in [0.2, 0.25) is 0 Å². The Morgan fingerprint density at radius 3 is 2.11 bits per heavy atom. The molecule has 0 saturated heterocycles. The van der Waals surface area contributed by atoms with Crippen LogP contribution in [0.3, 0.4) is 0 Å². The van der Waals surface area contributed by atoms with Gasteiger partial charge >= 0.3 is 0 Å². The van der Waals surface area contributed by atoms with Gasteiger partial charge in [0.1, 0.15) is 0 Å². The molecule has 0 spiro atoms. The highest BCUT2D eigenvalue weighted by molar-refractivity contribution is 9.09. The second kappa shape index (κ2) is 4.10. The molecule has 0 aromatic carbocycles. The standard InChI is InChI=1S/C8H15Br/c1-6(2)5-8(9)7(3)4/h6,8H,3,5H2,1-2,4H3. The van der Waals surface area contributed by atoms with E-state index in [-0.39, 0.29) is 0 Å². The zero-order valence-corrected chi connectivity index (χ0v) is 8.03. The molecule has 9 heavy (non-hydrogen) atoms. The van der Waals surface area contributed by atoms with Crippen molar-refractivity contribution in [1.82, 2.24) is 0 Å². The van der Waals surface area contributed by atoms with Crippen LogP contribution in [-0.4, -0.2) is 4.83 Å². The molecule has 1 heteroatoms. The maximum Gasteiger partial charge on any atom is 0.0351 e. The van der Waals surface area contributed by atoms with Gasteiger partial charge in [-0.2, -0.15) is 0 Å². The maximum absolute atomic E-state index is 3.86. The molecule has 0 radical (unpaired) electrons. The number of hydrogen-bond donors (Lipinski definition) is 0. The van der Waals surface area contributed by atoms with Gasteiger partial charge in [0, 0.05) is 4.83 Å². The molecule has 1 atom stereocenters. The first kappa shape index (κ1) is 9.22. The Bertz CT molecular complexity index is 94.7. The van der Waals surface area contributed by atoms with Gasteiger partial charge in [0.2, 0.25) is 0 Å². The van der Waals surface area contributed by atoms with Gasteiger partial charge in [0.05, 0.1) is 0 Å². The SMILES string of the molecule is C=C(C)C(Br)CC(C)C. The summed E-state index contributed by atoms with van der Waals surface area (Å²) in [5, 5.41) is 0. The number of halogens is 1. The Kier molecular flexibility index (Phi) is 4.20. The van der Waals surface area contributed by atoms with Crippen LogP contribution < -0.4 is 0 Å². The number of hydrogen-bond acceptors (Lipinski definition) is 0. The molecule has 0 aromatic heterocycles. The van der Waals surface area contributed by atoms with Crippen LogP contribution >= 0.6 is 15.9 Å². The summed E-state index contributed by atoms with van der Waals surface area (Å²) in [7, 11) is 0. The molecular weight excluding hydrogens is 176 g/mol. The molecule has 0 bridgehead atoms. The lowest BCUT2D eigenvalue weighted by Crippen LogP contribution is -2.02. The summed E-state index contributed by atoms with van der Waals surface area (Å²) in [6.07, 6.45) is 1.19. The van der Waals surface area contributed by atoms with E-state index < -0.39 is 0 Å². The van der Waals surface area contributed by atoms with E-state index in [1.165, 1.54) is 12.0 Å². The quantitative estimate of drug-likeness (QED) is 0.473. The highest BCUT2D eigenvalue weighted by Gasteiger charge is 2.05. The Hall–Kier alpha value is 0.220. The Labute approximate surface area is 66.5 Å². The van der Waals surface area contributed by atoms with Crippen molar-refractivity contribution in [3.8, 4) is 0 Å². The van der Waals surface area contributed by atoms with E-state index >= 15 is 0 Å². The number of allylic oxidation sites excluding steroid dienone is 1. The average molecular weight is 191 g/mol. The fourth-order valence-corrected chi connectivity index (χ4v) is 1.36. The first-order valence-electron chi connectivity index (χ1n) is 3.33. The minimum atomic E-state index is 0.512. The molecule has 54 valence electrons. The third kappa shape index (κ3) is 4.71. The minimum Gasteiger partial charge on any atom is -0.0990 e. The van der Waals surface area contributed by atoms with Gasteiger partial charge in [-0.15, -0.1) is 0 Å². The third-order valence-corrected chi connectivity index (χ3v) is 2.37. The Morgan fingerprint density at radius 2 is 2.00 bits per heavy atom. The summed E-state index contributed by atoms with van der Waals surface area (Å²) in [5.41, 5.74) is 1.23. The first-order chi connectivity index (χ1) is 4.04. The Balaban J connectivity index is 3.50. The van der Waals surface area contributed by atoms with Crippen molar-refractivity contribution < 1.29 is 0 Å². The third-order valence-electron chi connectivity index (χ3n) is 1.21. The monoisotopic (exact) mass is 190 g/mol. The Morgan fingerprint density at radius 1 is 1.56 bits per heavy atom. The summed E-state index contributed by atoms with van der Waals surface area (Å²) in [6, 6.07) is 0. The molecule has 0 aliphatic heterocycles. The molecule has 0 rings (SSSR count). The van der Waals surface area contributed by atoms with E-state index in [0.29, 0.717) is 4.83 Å². The molecule has 0 aliphatic carbocycles. The molecular formula is C8H15Br. The molecule has 0 fully saturated rings. The predicted molar refractivity (Wildman–Crippen MR) is 47.0 cm³/mol. The van der Waals surface area contributed by atoms with Crippen LogP contribution in [0.4, 0.5) is 0 Å². The van der Waals surface area contributed by atoms with Gasteiger partial charge in [-0.25, -0.2) is 0 Å². The van der Waals surface area contributed by atoms with Crippen LogP contribution in [0.5, 0.6) is 0 Å². The lowest BCUT2D eigenvalue weighted by molar-refractivity contribution is 0.597. The predicted octanol–water partition coefficient (Wildman–Crippen LogP) is 3.37. The van der Waals surface area contributed by atoms with E-state index in [0.717, 1.165) is 5.92 Å². The summed E-state index contributed by atoms with van der Waals surface area (Å²) in [6.45, 7) is 10.4. The van der Waals surface area contributed by atoms with E-state index in [4.69, 9.17) is 0 Å². The van der Waals surface area contributed by atoms with Crippen molar-refractivity contribution in [1.29, 1.82) is 0 Å². The molecule has 0 saturated carbocycles. The first-order valence-corrected chi connectivity index (χ1v) is 4.25. The maximum atomic E-state index is 3.86. The van der Waals surface area contributed by atoms with E-state index in [1.54, 1.807) is 0 Å². The molecule has 0 aliphatic rings. The van der Waals surface area contributed by atoms with Gasteiger partial charge in [0.15, 0.2) is 0 Å². The fraction of sp³-hybridized carbons (Fsp3) is 0.750. The summed E-state index contributed by atoms with van der Waals surface area (Å²) in [5.74, 6) is 0.756. The summed E-state index contributed by atoms with van der Waals surface area (Å²) < 4.78 is 0. The van der Waals surface area contributed by atoms with E-state index in [9.17, 15) is 0 Å². The second-order valence-electron chi connectivity index (χ2n) is 2.94. The van der Waals surface area contributed by atoms with Gasteiger partial charge in [-0.1, -0.05) is 41.9 Å². The van der Waals surface area contributed by atoms with Crippen molar-refractivity contribution in [3.63, 3.8) is 0 Å². The van der Waals surface area contributed by atoms with Crippen LogP contribution in [0.15, 0.2) is 12.2 Å². The van der Waals surface area contributed by atoms with Crippen LogP contribution in [0, 0.1) is 5.92 Å². The van der Waals surface area contributed by atoms with Crippen LogP contribution in [0.1, 0.15) is 27.2 Å². The molecule has 0 heterocycles. The van der Waals surface area contributed by atoms with Gasteiger partial charge in [-0.05, 0) is 19.3 Å². The molecule has 0 nitrogen and oxygen atoms in total. The van der Waals surface area contributed by atoms with Gasteiger partial charge in [-0.3, -0.25) is 0 Å². The number of rotatable bonds is 3. The normalized spacial score (nSPS) is 13.9. The highest BCUT2D eigenvalue weighted by Crippen LogP contribution is 2.18. The molecule has 1 unspecified atom stereocenters. The largest absolute Gasteiger partial charge is 0.0990 e.